The highest BCUT2D eigenvalue weighted by molar-refractivity contribution is 6.04. The van der Waals surface area contributed by atoms with Gasteiger partial charge in [0, 0.05) is 19.4 Å². The Kier molecular flexibility index (Phi) is 3.90. The van der Waals surface area contributed by atoms with E-state index in [0.717, 1.165) is 17.1 Å². The third kappa shape index (κ3) is 3.25. The summed E-state index contributed by atoms with van der Waals surface area (Å²) in [6.45, 7) is 0.481. The molecule has 1 atom stereocenters. The minimum absolute atomic E-state index is 0.163. The lowest BCUT2D eigenvalue weighted by Crippen LogP contribution is -2.36. The number of carbonyl (C=O) groups excluding carboxylic acids is 1. The van der Waals surface area contributed by atoms with Crippen molar-refractivity contribution in [3.05, 3.63) is 48.0 Å². The Balaban J connectivity index is 1.47. The number of amides is 1. The van der Waals surface area contributed by atoms with Crippen LogP contribution in [0, 0.1) is 0 Å². The molecule has 21 heavy (non-hydrogen) atoms. The lowest BCUT2D eigenvalue weighted by Gasteiger charge is -2.08. The molecule has 0 radical (unpaired) electrons. The fraction of sp³-hybridized carbons (Fsp3) is 0.286. The maximum Gasteiger partial charge on any atom is 0.264 e. The number of carbonyl (C=O) groups is 1. The standard InChI is InChI=1S/C14H15N5O2/c20-14(15-7-6-13-16-9-17-18-13)12-8-11(19-21-12)10-4-2-1-3-5-10/h1-5,9,12H,6-8H2,(H,15,20)(H,16,17,18). The Morgan fingerprint density at radius 3 is 3.00 bits per heavy atom. The van der Waals surface area contributed by atoms with Crippen LogP contribution >= 0.6 is 0 Å². The fourth-order valence-electron chi connectivity index (χ4n) is 2.09. The number of rotatable bonds is 5. The van der Waals surface area contributed by atoms with Gasteiger partial charge in [-0.2, -0.15) is 5.10 Å². The summed E-state index contributed by atoms with van der Waals surface area (Å²) >= 11 is 0. The molecule has 1 amide bonds. The number of aromatic nitrogens is 3. The predicted molar refractivity (Wildman–Crippen MR) is 75.6 cm³/mol. The number of hydrogen-bond acceptors (Lipinski definition) is 5. The summed E-state index contributed by atoms with van der Waals surface area (Å²) in [5.74, 6) is 0.577. The zero-order chi connectivity index (χ0) is 14.5. The van der Waals surface area contributed by atoms with E-state index >= 15 is 0 Å². The molecule has 0 bridgehead atoms. The van der Waals surface area contributed by atoms with Gasteiger partial charge in [-0.05, 0) is 5.56 Å². The smallest absolute Gasteiger partial charge is 0.264 e. The highest BCUT2D eigenvalue weighted by Gasteiger charge is 2.28. The van der Waals surface area contributed by atoms with Crippen LogP contribution in [0.2, 0.25) is 0 Å². The summed E-state index contributed by atoms with van der Waals surface area (Å²) in [6, 6.07) is 9.71. The first-order valence-electron chi connectivity index (χ1n) is 6.73. The molecule has 2 heterocycles. The largest absolute Gasteiger partial charge is 0.382 e. The van der Waals surface area contributed by atoms with E-state index in [-0.39, 0.29) is 5.91 Å². The third-order valence-electron chi connectivity index (χ3n) is 3.19. The van der Waals surface area contributed by atoms with E-state index in [1.54, 1.807) is 0 Å². The van der Waals surface area contributed by atoms with Crippen molar-refractivity contribution in [2.45, 2.75) is 18.9 Å². The Morgan fingerprint density at radius 1 is 1.38 bits per heavy atom. The van der Waals surface area contributed by atoms with Crippen LogP contribution in [0.1, 0.15) is 17.8 Å². The molecule has 2 aromatic rings. The monoisotopic (exact) mass is 285 g/mol. The molecule has 108 valence electrons. The van der Waals surface area contributed by atoms with Crippen molar-refractivity contribution in [2.75, 3.05) is 6.54 Å². The zero-order valence-corrected chi connectivity index (χ0v) is 11.3. The zero-order valence-electron chi connectivity index (χ0n) is 11.3. The first-order valence-corrected chi connectivity index (χ1v) is 6.73. The van der Waals surface area contributed by atoms with E-state index < -0.39 is 6.10 Å². The molecule has 0 saturated heterocycles. The number of oxime groups is 1. The molecule has 1 aliphatic rings. The van der Waals surface area contributed by atoms with Gasteiger partial charge in [0.2, 0.25) is 6.10 Å². The molecule has 0 spiro atoms. The van der Waals surface area contributed by atoms with Crippen molar-refractivity contribution < 1.29 is 9.63 Å². The lowest BCUT2D eigenvalue weighted by atomic mass is 10.0. The third-order valence-corrected chi connectivity index (χ3v) is 3.19. The molecular formula is C14H15N5O2. The SMILES string of the molecule is O=C(NCCc1ncn[nH]1)C1CC(c2ccccc2)=NO1. The molecule has 1 aromatic carbocycles. The minimum atomic E-state index is -0.560. The predicted octanol–water partition coefficient (Wildman–Crippen LogP) is 0.657. The van der Waals surface area contributed by atoms with E-state index in [4.69, 9.17) is 4.84 Å². The van der Waals surface area contributed by atoms with Crippen LogP contribution in [0.25, 0.3) is 0 Å². The van der Waals surface area contributed by atoms with Gasteiger partial charge in [-0.15, -0.1) is 0 Å². The van der Waals surface area contributed by atoms with Gasteiger partial charge in [0.1, 0.15) is 12.2 Å². The normalized spacial score (nSPS) is 17.1. The number of hydrogen-bond donors (Lipinski definition) is 2. The number of nitrogens with one attached hydrogen (secondary N) is 2. The molecular weight excluding hydrogens is 270 g/mol. The Bertz CT molecular complexity index is 624. The topological polar surface area (TPSA) is 92.3 Å². The van der Waals surface area contributed by atoms with E-state index in [9.17, 15) is 4.79 Å². The van der Waals surface area contributed by atoms with Gasteiger partial charge < -0.3 is 10.2 Å². The summed E-state index contributed by atoms with van der Waals surface area (Å²) in [7, 11) is 0. The highest BCUT2D eigenvalue weighted by atomic mass is 16.6. The average molecular weight is 285 g/mol. The van der Waals surface area contributed by atoms with Crippen LogP contribution < -0.4 is 5.32 Å². The quantitative estimate of drug-likeness (QED) is 0.844. The Labute approximate surface area is 121 Å². The van der Waals surface area contributed by atoms with Crippen LogP contribution in [0.5, 0.6) is 0 Å². The van der Waals surface area contributed by atoms with E-state index in [1.807, 2.05) is 30.3 Å². The summed E-state index contributed by atoms with van der Waals surface area (Å²) in [6.07, 6.45) is 1.97. The van der Waals surface area contributed by atoms with Gasteiger partial charge in [0.05, 0.1) is 5.71 Å². The molecule has 3 rings (SSSR count). The average Bonchev–Trinajstić information content (AvgIpc) is 3.20. The van der Waals surface area contributed by atoms with Gasteiger partial charge >= 0.3 is 0 Å². The van der Waals surface area contributed by atoms with Crippen LogP contribution in [-0.4, -0.2) is 39.4 Å². The van der Waals surface area contributed by atoms with Crippen LogP contribution in [-0.2, 0) is 16.1 Å². The lowest BCUT2D eigenvalue weighted by molar-refractivity contribution is -0.131. The molecule has 1 aromatic heterocycles. The van der Waals surface area contributed by atoms with Gasteiger partial charge in [-0.25, -0.2) is 4.98 Å². The van der Waals surface area contributed by atoms with Crippen molar-refractivity contribution in [1.82, 2.24) is 20.5 Å². The second-order valence-electron chi connectivity index (χ2n) is 4.68. The number of nitrogens with zero attached hydrogens (tertiary/aromatic N) is 3. The molecule has 0 aliphatic carbocycles. The highest BCUT2D eigenvalue weighted by Crippen LogP contribution is 2.16. The molecule has 7 heteroatoms. The molecule has 1 aliphatic heterocycles. The Morgan fingerprint density at radius 2 is 2.24 bits per heavy atom. The molecule has 1 unspecified atom stereocenters. The number of benzene rings is 1. The van der Waals surface area contributed by atoms with Gasteiger partial charge in [0.15, 0.2) is 0 Å². The second-order valence-corrected chi connectivity index (χ2v) is 4.68. The maximum absolute atomic E-state index is 12.0. The summed E-state index contributed by atoms with van der Waals surface area (Å²) in [5, 5.41) is 13.3. The van der Waals surface area contributed by atoms with Crippen molar-refractivity contribution in [2.24, 2.45) is 5.16 Å². The van der Waals surface area contributed by atoms with Crippen LogP contribution in [0.4, 0.5) is 0 Å². The first-order chi connectivity index (χ1) is 10.3. The van der Waals surface area contributed by atoms with Gasteiger partial charge in [-0.3, -0.25) is 9.89 Å². The minimum Gasteiger partial charge on any atom is -0.382 e. The van der Waals surface area contributed by atoms with Crippen LogP contribution in [0.15, 0.2) is 41.8 Å². The summed E-state index contributed by atoms with van der Waals surface area (Å²) in [5.41, 5.74) is 1.78. The van der Waals surface area contributed by atoms with Crippen molar-refractivity contribution in [1.29, 1.82) is 0 Å². The van der Waals surface area contributed by atoms with Crippen molar-refractivity contribution in [3.63, 3.8) is 0 Å². The summed E-state index contributed by atoms with van der Waals surface area (Å²) < 4.78 is 0. The maximum atomic E-state index is 12.0. The molecule has 0 saturated carbocycles. The number of aromatic amines is 1. The first kappa shape index (κ1) is 13.3. The Hall–Kier alpha value is -2.70. The van der Waals surface area contributed by atoms with Crippen molar-refractivity contribution in [3.8, 4) is 0 Å². The summed E-state index contributed by atoms with van der Waals surface area (Å²) in [4.78, 5) is 21.2. The number of H-pyrrole nitrogens is 1. The molecule has 0 fully saturated rings. The van der Waals surface area contributed by atoms with Crippen molar-refractivity contribution >= 4 is 11.6 Å². The van der Waals surface area contributed by atoms with E-state index in [0.29, 0.717) is 19.4 Å². The van der Waals surface area contributed by atoms with E-state index in [1.165, 1.54) is 6.33 Å². The van der Waals surface area contributed by atoms with Crippen LogP contribution in [0.3, 0.4) is 0 Å². The molecule has 2 N–H and O–H groups in total. The molecule has 7 nitrogen and oxygen atoms in total. The second kappa shape index (κ2) is 6.17. The van der Waals surface area contributed by atoms with Gasteiger partial charge in [-0.1, -0.05) is 35.5 Å². The van der Waals surface area contributed by atoms with E-state index in [2.05, 4.69) is 25.7 Å². The fourth-order valence-corrected chi connectivity index (χ4v) is 2.09. The van der Waals surface area contributed by atoms with Gasteiger partial charge in [0.25, 0.3) is 5.91 Å².